The smallest absolute Gasteiger partial charge is 0.303 e. The van der Waals surface area contributed by atoms with Crippen LogP contribution in [0, 0.1) is 17.8 Å². The maximum Gasteiger partial charge on any atom is 0.303 e. The van der Waals surface area contributed by atoms with Crippen LogP contribution in [0.3, 0.4) is 0 Å². The highest BCUT2D eigenvalue weighted by atomic mass is 32.1. The zero-order valence-electron chi connectivity index (χ0n) is 13.6. The highest BCUT2D eigenvalue weighted by molar-refractivity contribution is 7.16. The summed E-state index contributed by atoms with van der Waals surface area (Å²) in [6, 6.07) is 2.68. The number of carbonyl (C=O) groups is 1. The normalized spacial score (nSPS) is 31.2. The SMILES string of the molecule is C[C@H]1CCN1c1nc(N2CC3C(CC(=O)O)C3C2)cc2scnc12. The number of anilines is 2. The topological polar surface area (TPSA) is 69.6 Å². The molecule has 2 aromatic heterocycles. The van der Waals surface area contributed by atoms with E-state index >= 15 is 0 Å². The van der Waals surface area contributed by atoms with Gasteiger partial charge in [-0.05, 0) is 31.1 Å². The number of pyridine rings is 1. The van der Waals surface area contributed by atoms with Gasteiger partial charge in [-0.3, -0.25) is 4.79 Å². The Bertz CT molecular complexity index is 810. The number of carboxylic acids is 1. The summed E-state index contributed by atoms with van der Waals surface area (Å²) in [5.74, 6) is 2.82. The molecule has 0 radical (unpaired) electrons. The van der Waals surface area contributed by atoms with Crippen molar-refractivity contribution in [2.45, 2.75) is 25.8 Å². The van der Waals surface area contributed by atoms with Crippen LogP contribution in [-0.4, -0.2) is 46.7 Å². The molecule has 2 aromatic rings. The van der Waals surface area contributed by atoms with Gasteiger partial charge >= 0.3 is 5.97 Å². The number of piperidine rings is 1. The Morgan fingerprint density at radius 2 is 2.21 bits per heavy atom. The molecule has 3 fully saturated rings. The third-order valence-corrected chi connectivity index (χ3v) is 6.76. The molecular formula is C17H20N4O2S. The van der Waals surface area contributed by atoms with Gasteiger partial charge in [-0.25, -0.2) is 9.97 Å². The molecule has 24 heavy (non-hydrogen) atoms. The molecule has 6 nitrogen and oxygen atoms in total. The fourth-order valence-corrected chi connectivity index (χ4v) is 5.07. The number of aromatic nitrogens is 2. The first-order chi connectivity index (χ1) is 11.6. The van der Waals surface area contributed by atoms with Crippen LogP contribution in [0.4, 0.5) is 11.6 Å². The van der Waals surface area contributed by atoms with E-state index in [4.69, 9.17) is 10.1 Å². The molecule has 1 N–H and O–H groups in total. The predicted molar refractivity (Wildman–Crippen MR) is 93.8 cm³/mol. The maximum atomic E-state index is 10.9. The van der Waals surface area contributed by atoms with Crippen LogP contribution in [0.5, 0.6) is 0 Å². The fraction of sp³-hybridized carbons (Fsp3) is 0.588. The Morgan fingerprint density at radius 1 is 1.42 bits per heavy atom. The Hall–Kier alpha value is -1.89. The second-order valence-corrected chi connectivity index (χ2v) is 8.22. The number of fused-ring (bicyclic) bond motifs is 2. The summed E-state index contributed by atoms with van der Waals surface area (Å²) in [6.07, 6.45) is 1.53. The minimum absolute atomic E-state index is 0.320. The predicted octanol–water partition coefficient (Wildman–Crippen LogP) is 2.45. The second-order valence-electron chi connectivity index (χ2n) is 7.33. The lowest BCUT2D eigenvalue weighted by Gasteiger charge is -2.40. The lowest BCUT2D eigenvalue weighted by Crippen LogP contribution is -2.46. The van der Waals surface area contributed by atoms with Crippen LogP contribution < -0.4 is 9.80 Å². The van der Waals surface area contributed by atoms with Gasteiger partial charge < -0.3 is 14.9 Å². The summed E-state index contributed by atoms with van der Waals surface area (Å²) in [5, 5.41) is 8.98. The van der Waals surface area contributed by atoms with Gasteiger partial charge in [0.15, 0.2) is 5.82 Å². The summed E-state index contributed by atoms with van der Waals surface area (Å²) >= 11 is 1.67. The summed E-state index contributed by atoms with van der Waals surface area (Å²) in [6.45, 7) is 5.16. The van der Waals surface area contributed by atoms with Crippen LogP contribution in [0.1, 0.15) is 19.8 Å². The Labute approximate surface area is 144 Å². The van der Waals surface area contributed by atoms with E-state index in [1.165, 1.54) is 11.1 Å². The number of thiazole rings is 1. The Morgan fingerprint density at radius 3 is 2.83 bits per heavy atom. The number of rotatable bonds is 4. The molecule has 5 rings (SSSR count). The minimum Gasteiger partial charge on any atom is -0.481 e. The first-order valence-corrected chi connectivity index (χ1v) is 9.47. The average molecular weight is 344 g/mol. The standard InChI is InChI=1S/C17H20N4O2S/c1-9-2-3-21(9)17-16-13(24-8-18-16)5-14(19-17)20-6-11-10(4-15(22)23)12(11)7-20/h5,8-12H,2-4,6-7H2,1H3,(H,22,23)/t9-,10?,11?,12?/m0/s1. The summed E-state index contributed by atoms with van der Waals surface area (Å²) in [5.41, 5.74) is 2.91. The van der Waals surface area contributed by atoms with Gasteiger partial charge in [-0.15, -0.1) is 11.3 Å². The molecular weight excluding hydrogens is 324 g/mol. The number of aliphatic carboxylic acids is 1. The van der Waals surface area contributed by atoms with Gasteiger partial charge in [0.2, 0.25) is 0 Å². The van der Waals surface area contributed by atoms with Crippen molar-refractivity contribution in [3.63, 3.8) is 0 Å². The van der Waals surface area contributed by atoms with Crippen molar-refractivity contribution >= 4 is 39.2 Å². The molecule has 1 aliphatic carbocycles. The van der Waals surface area contributed by atoms with Crippen molar-refractivity contribution in [2.24, 2.45) is 17.8 Å². The fourth-order valence-electron chi connectivity index (χ4n) is 4.37. The molecule has 3 aliphatic rings. The van der Waals surface area contributed by atoms with E-state index in [0.29, 0.717) is 30.2 Å². The molecule has 0 amide bonds. The van der Waals surface area contributed by atoms with Crippen LogP contribution in [0.25, 0.3) is 10.2 Å². The Balaban J connectivity index is 1.41. The molecule has 0 bridgehead atoms. The van der Waals surface area contributed by atoms with E-state index in [1.54, 1.807) is 11.3 Å². The number of hydrogen-bond donors (Lipinski definition) is 1. The minimum atomic E-state index is -0.667. The molecule has 3 atom stereocenters. The number of nitrogens with zero attached hydrogens (tertiary/aromatic N) is 4. The van der Waals surface area contributed by atoms with Crippen molar-refractivity contribution in [1.29, 1.82) is 0 Å². The van der Waals surface area contributed by atoms with E-state index in [1.807, 2.05) is 5.51 Å². The third-order valence-electron chi connectivity index (χ3n) is 5.98. The second kappa shape index (κ2) is 5.05. The van der Waals surface area contributed by atoms with Crippen molar-refractivity contribution in [2.75, 3.05) is 29.4 Å². The van der Waals surface area contributed by atoms with E-state index in [-0.39, 0.29) is 0 Å². The molecule has 0 spiro atoms. The van der Waals surface area contributed by atoms with Gasteiger partial charge in [-0.2, -0.15) is 0 Å². The lowest BCUT2D eigenvalue weighted by molar-refractivity contribution is -0.137. The first-order valence-electron chi connectivity index (χ1n) is 8.59. The summed E-state index contributed by atoms with van der Waals surface area (Å²) in [4.78, 5) is 25.1. The molecule has 2 saturated heterocycles. The van der Waals surface area contributed by atoms with Gasteiger partial charge in [0.05, 0.1) is 10.2 Å². The number of carboxylic acid groups (broad SMARTS) is 1. The van der Waals surface area contributed by atoms with Gasteiger partial charge in [0.1, 0.15) is 11.3 Å². The van der Waals surface area contributed by atoms with Gasteiger partial charge in [0, 0.05) is 38.2 Å². The lowest BCUT2D eigenvalue weighted by atomic mass is 10.1. The van der Waals surface area contributed by atoms with Crippen molar-refractivity contribution < 1.29 is 9.90 Å². The highest BCUT2D eigenvalue weighted by Crippen LogP contribution is 2.54. The summed E-state index contributed by atoms with van der Waals surface area (Å²) in [7, 11) is 0. The molecule has 126 valence electrons. The monoisotopic (exact) mass is 344 g/mol. The molecule has 2 aliphatic heterocycles. The van der Waals surface area contributed by atoms with Crippen LogP contribution in [0.2, 0.25) is 0 Å². The molecule has 0 aromatic carbocycles. The molecule has 2 unspecified atom stereocenters. The van der Waals surface area contributed by atoms with E-state index in [2.05, 4.69) is 27.8 Å². The van der Waals surface area contributed by atoms with Gasteiger partial charge in [-0.1, -0.05) is 0 Å². The molecule has 7 heteroatoms. The third kappa shape index (κ3) is 2.10. The van der Waals surface area contributed by atoms with Crippen molar-refractivity contribution in [3.05, 3.63) is 11.6 Å². The van der Waals surface area contributed by atoms with Crippen LogP contribution in [-0.2, 0) is 4.79 Å². The number of hydrogen-bond acceptors (Lipinski definition) is 6. The van der Waals surface area contributed by atoms with Crippen LogP contribution >= 0.6 is 11.3 Å². The van der Waals surface area contributed by atoms with Crippen molar-refractivity contribution in [3.8, 4) is 0 Å². The van der Waals surface area contributed by atoms with E-state index in [0.717, 1.165) is 36.8 Å². The van der Waals surface area contributed by atoms with E-state index in [9.17, 15) is 4.79 Å². The van der Waals surface area contributed by atoms with Crippen LogP contribution in [0.15, 0.2) is 11.6 Å². The Kier molecular flexibility index (Phi) is 3.04. The van der Waals surface area contributed by atoms with Gasteiger partial charge in [0.25, 0.3) is 0 Å². The zero-order valence-corrected chi connectivity index (χ0v) is 14.4. The van der Waals surface area contributed by atoms with Crippen molar-refractivity contribution in [1.82, 2.24) is 9.97 Å². The quantitative estimate of drug-likeness (QED) is 0.919. The van der Waals surface area contributed by atoms with E-state index < -0.39 is 5.97 Å². The highest BCUT2D eigenvalue weighted by Gasteiger charge is 2.56. The summed E-state index contributed by atoms with van der Waals surface area (Å²) < 4.78 is 1.19. The first kappa shape index (κ1) is 14.5. The molecule has 4 heterocycles. The largest absolute Gasteiger partial charge is 0.481 e. The zero-order chi connectivity index (χ0) is 16.4. The molecule has 1 saturated carbocycles. The maximum absolute atomic E-state index is 10.9. The average Bonchev–Trinajstić information content (AvgIpc) is 2.98.